The van der Waals surface area contributed by atoms with Crippen LogP contribution in [0.5, 0.6) is 0 Å². The zero-order valence-electron chi connectivity index (χ0n) is 10.1. The van der Waals surface area contributed by atoms with Crippen molar-refractivity contribution in [2.75, 3.05) is 6.54 Å². The second-order valence-corrected chi connectivity index (χ2v) is 6.20. The lowest BCUT2D eigenvalue weighted by molar-refractivity contribution is -0.121. The highest BCUT2D eigenvalue weighted by molar-refractivity contribution is 7.89. The van der Waals surface area contributed by atoms with E-state index < -0.39 is 22.0 Å². The Morgan fingerprint density at radius 1 is 1.37 bits per heavy atom. The maximum Gasteiger partial charge on any atom is 0.243 e. The maximum atomic E-state index is 12.4. The number of amides is 1. The van der Waals surface area contributed by atoms with Crippen LogP contribution in [0.25, 0.3) is 0 Å². The second kappa shape index (κ2) is 4.99. The van der Waals surface area contributed by atoms with Crippen LogP contribution in [0, 0.1) is 11.3 Å². The lowest BCUT2D eigenvalue weighted by Crippen LogP contribution is -2.43. The van der Waals surface area contributed by atoms with Gasteiger partial charge in [-0.2, -0.15) is 9.57 Å². The molecule has 0 aliphatic carbocycles. The molecule has 1 saturated heterocycles. The van der Waals surface area contributed by atoms with Crippen LogP contribution in [0.4, 0.5) is 0 Å². The number of hydrogen-bond donors (Lipinski definition) is 1. The number of carbonyl (C=O) groups is 1. The third-order valence-electron chi connectivity index (χ3n) is 3.12. The number of primary amides is 1. The summed E-state index contributed by atoms with van der Waals surface area (Å²) < 4.78 is 25.9. The molecule has 1 aliphatic heterocycles. The summed E-state index contributed by atoms with van der Waals surface area (Å²) in [7, 11) is -3.73. The predicted molar refractivity (Wildman–Crippen MR) is 67.3 cm³/mol. The Hall–Kier alpha value is -1.91. The van der Waals surface area contributed by atoms with Crippen LogP contribution in [0.2, 0.25) is 0 Å². The highest BCUT2D eigenvalue weighted by Gasteiger charge is 2.38. The van der Waals surface area contributed by atoms with Gasteiger partial charge in [0, 0.05) is 6.54 Å². The molecule has 0 saturated carbocycles. The van der Waals surface area contributed by atoms with Crippen molar-refractivity contribution in [3.05, 3.63) is 29.8 Å². The van der Waals surface area contributed by atoms with Gasteiger partial charge in [0.15, 0.2) is 0 Å². The normalized spacial score (nSPS) is 20.1. The standard InChI is InChI=1S/C12H13N3O3S/c13-8-9-3-5-10(6-4-9)19(17,18)15-7-1-2-11(15)12(14)16/h3-6,11H,1-2,7H2,(H2,14,16). The third-order valence-corrected chi connectivity index (χ3v) is 5.04. The molecule has 2 N–H and O–H groups in total. The Morgan fingerprint density at radius 2 is 2.00 bits per heavy atom. The van der Waals surface area contributed by atoms with Gasteiger partial charge in [0.2, 0.25) is 15.9 Å². The lowest BCUT2D eigenvalue weighted by atomic mass is 10.2. The molecular formula is C12H13N3O3S. The fraction of sp³-hybridized carbons (Fsp3) is 0.333. The van der Waals surface area contributed by atoms with Gasteiger partial charge in [-0.05, 0) is 37.1 Å². The number of carbonyl (C=O) groups excluding carboxylic acids is 1. The van der Waals surface area contributed by atoms with Gasteiger partial charge < -0.3 is 5.73 Å². The molecular weight excluding hydrogens is 266 g/mol. The van der Waals surface area contributed by atoms with Crippen molar-refractivity contribution in [3.8, 4) is 6.07 Å². The van der Waals surface area contributed by atoms with Crippen molar-refractivity contribution in [1.82, 2.24) is 4.31 Å². The Balaban J connectivity index is 2.36. The molecule has 1 aromatic rings. The second-order valence-electron chi connectivity index (χ2n) is 4.31. The van der Waals surface area contributed by atoms with Gasteiger partial charge in [-0.15, -0.1) is 0 Å². The Morgan fingerprint density at radius 3 is 2.53 bits per heavy atom. The van der Waals surface area contributed by atoms with E-state index >= 15 is 0 Å². The molecule has 1 unspecified atom stereocenters. The molecule has 1 aromatic carbocycles. The molecule has 6 nitrogen and oxygen atoms in total. The number of rotatable bonds is 3. The Bertz CT molecular complexity index is 631. The molecule has 0 radical (unpaired) electrons. The SMILES string of the molecule is N#Cc1ccc(S(=O)(=O)N2CCCC2C(N)=O)cc1. The van der Waals surface area contributed by atoms with Crippen molar-refractivity contribution < 1.29 is 13.2 Å². The molecule has 7 heteroatoms. The van der Waals surface area contributed by atoms with Gasteiger partial charge in [0.1, 0.15) is 6.04 Å². The van der Waals surface area contributed by atoms with E-state index in [0.717, 1.165) is 4.31 Å². The number of benzene rings is 1. The highest BCUT2D eigenvalue weighted by atomic mass is 32.2. The summed E-state index contributed by atoms with van der Waals surface area (Å²) in [6.07, 6.45) is 1.06. The minimum Gasteiger partial charge on any atom is -0.368 e. The Kier molecular flexibility index (Phi) is 3.55. The molecule has 0 spiro atoms. The quantitative estimate of drug-likeness (QED) is 0.853. The van der Waals surface area contributed by atoms with Crippen LogP contribution in [-0.4, -0.2) is 31.2 Å². The average molecular weight is 279 g/mol. The lowest BCUT2D eigenvalue weighted by Gasteiger charge is -2.21. The van der Waals surface area contributed by atoms with E-state index in [1.54, 1.807) is 0 Å². The largest absolute Gasteiger partial charge is 0.368 e. The average Bonchev–Trinajstić information content (AvgIpc) is 2.89. The van der Waals surface area contributed by atoms with Crippen LogP contribution in [0.3, 0.4) is 0 Å². The predicted octanol–water partition coefficient (Wildman–Crippen LogP) is 0.197. The Labute approximate surface area is 111 Å². The van der Waals surface area contributed by atoms with Crippen LogP contribution in [-0.2, 0) is 14.8 Å². The molecule has 2 rings (SSSR count). The fourth-order valence-electron chi connectivity index (χ4n) is 2.15. The third kappa shape index (κ3) is 2.45. The summed E-state index contributed by atoms with van der Waals surface area (Å²) in [5, 5.41) is 8.69. The zero-order chi connectivity index (χ0) is 14.0. The van der Waals surface area contributed by atoms with Gasteiger partial charge in [0.05, 0.1) is 16.5 Å². The maximum absolute atomic E-state index is 12.4. The van der Waals surface area contributed by atoms with Crippen LogP contribution >= 0.6 is 0 Å². The van der Waals surface area contributed by atoms with Crippen molar-refractivity contribution in [3.63, 3.8) is 0 Å². The van der Waals surface area contributed by atoms with Crippen LogP contribution in [0.1, 0.15) is 18.4 Å². The van der Waals surface area contributed by atoms with Gasteiger partial charge in [-0.3, -0.25) is 4.79 Å². The fourth-order valence-corrected chi connectivity index (χ4v) is 3.81. The van der Waals surface area contributed by atoms with Gasteiger partial charge in [-0.1, -0.05) is 0 Å². The van der Waals surface area contributed by atoms with E-state index in [2.05, 4.69) is 0 Å². The van der Waals surface area contributed by atoms with E-state index in [4.69, 9.17) is 11.0 Å². The van der Waals surface area contributed by atoms with Crippen molar-refractivity contribution >= 4 is 15.9 Å². The van der Waals surface area contributed by atoms with E-state index in [0.29, 0.717) is 18.4 Å². The monoisotopic (exact) mass is 279 g/mol. The summed E-state index contributed by atoms with van der Waals surface area (Å²) in [5.74, 6) is -0.630. The first-order chi connectivity index (χ1) is 8.96. The molecule has 19 heavy (non-hydrogen) atoms. The summed E-state index contributed by atoms with van der Waals surface area (Å²) in [6, 6.07) is 6.74. The number of nitriles is 1. The summed E-state index contributed by atoms with van der Waals surface area (Å²) in [4.78, 5) is 11.3. The van der Waals surface area contributed by atoms with Crippen molar-refractivity contribution in [1.29, 1.82) is 5.26 Å². The molecule has 100 valence electrons. The smallest absolute Gasteiger partial charge is 0.243 e. The van der Waals surface area contributed by atoms with Crippen molar-refractivity contribution in [2.24, 2.45) is 5.73 Å². The number of nitrogens with two attached hydrogens (primary N) is 1. The van der Waals surface area contributed by atoms with Gasteiger partial charge in [0.25, 0.3) is 0 Å². The van der Waals surface area contributed by atoms with E-state index in [1.165, 1.54) is 24.3 Å². The van der Waals surface area contributed by atoms with E-state index in [1.807, 2.05) is 6.07 Å². The molecule has 1 atom stereocenters. The minimum atomic E-state index is -3.73. The van der Waals surface area contributed by atoms with Crippen LogP contribution in [0.15, 0.2) is 29.2 Å². The highest BCUT2D eigenvalue weighted by Crippen LogP contribution is 2.25. The first-order valence-electron chi connectivity index (χ1n) is 5.78. The summed E-state index contributed by atoms with van der Waals surface area (Å²) in [5.41, 5.74) is 5.60. The molecule has 1 aliphatic rings. The van der Waals surface area contributed by atoms with Gasteiger partial charge >= 0.3 is 0 Å². The van der Waals surface area contributed by atoms with E-state index in [-0.39, 0.29) is 11.4 Å². The molecule has 0 bridgehead atoms. The number of hydrogen-bond acceptors (Lipinski definition) is 4. The molecule has 0 aromatic heterocycles. The van der Waals surface area contributed by atoms with Gasteiger partial charge in [-0.25, -0.2) is 8.42 Å². The number of sulfonamides is 1. The first kappa shape index (κ1) is 13.5. The topological polar surface area (TPSA) is 104 Å². The van der Waals surface area contributed by atoms with Crippen molar-refractivity contribution in [2.45, 2.75) is 23.8 Å². The molecule has 1 amide bonds. The molecule has 1 heterocycles. The summed E-state index contributed by atoms with van der Waals surface area (Å²) in [6.45, 7) is 0.288. The number of nitrogens with zero attached hydrogens (tertiary/aromatic N) is 2. The summed E-state index contributed by atoms with van der Waals surface area (Å²) >= 11 is 0. The van der Waals surface area contributed by atoms with Crippen LogP contribution < -0.4 is 5.73 Å². The van der Waals surface area contributed by atoms with E-state index in [9.17, 15) is 13.2 Å². The first-order valence-corrected chi connectivity index (χ1v) is 7.22. The minimum absolute atomic E-state index is 0.0691. The molecule has 1 fully saturated rings. The zero-order valence-corrected chi connectivity index (χ0v) is 10.9.